The second-order valence-corrected chi connectivity index (χ2v) is 11.3. The molecule has 0 atom stereocenters. The van der Waals surface area contributed by atoms with E-state index in [9.17, 15) is 8.42 Å². The third-order valence-electron chi connectivity index (χ3n) is 6.69. The lowest BCUT2D eigenvalue weighted by Crippen LogP contribution is -2.38. The van der Waals surface area contributed by atoms with Crippen molar-refractivity contribution in [1.82, 2.24) is 29.6 Å². The molecule has 0 unspecified atom stereocenters. The standard InChI is InChI=1S/C27H26ClN7O3S/c28-26-25(33-39(36,37)22-4-2-1-3-5-22)13-20(14-29-26)19-12-23-24(17-31-27(23)30-15-19)21-16-32-35(18-21)7-6-34-8-10-38-11-9-34/h1-5,12-18,33H,6-11H2,(H,30,31). The number of H-pyrrole nitrogens is 1. The van der Waals surface area contributed by atoms with E-state index in [0.717, 1.165) is 67.1 Å². The van der Waals surface area contributed by atoms with Crippen molar-refractivity contribution in [3.63, 3.8) is 0 Å². The average Bonchev–Trinajstić information content (AvgIpc) is 3.61. The number of ether oxygens (including phenoxy) is 1. The van der Waals surface area contributed by atoms with Crippen molar-refractivity contribution in [2.45, 2.75) is 11.4 Å². The number of hydrogen-bond donors (Lipinski definition) is 2. The highest BCUT2D eigenvalue weighted by molar-refractivity contribution is 7.92. The third kappa shape index (κ3) is 5.52. The van der Waals surface area contributed by atoms with E-state index in [-0.39, 0.29) is 15.7 Å². The molecule has 10 nitrogen and oxygen atoms in total. The molecule has 5 aromatic rings. The molecule has 0 bridgehead atoms. The van der Waals surface area contributed by atoms with Gasteiger partial charge in [0.2, 0.25) is 0 Å². The molecular formula is C27H26ClN7O3S. The molecule has 0 spiro atoms. The molecule has 39 heavy (non-hydrogen) atoms. The number of pyridine rings is 2. The van der Waals surface area contributed by atoms with Crippen LogP contribution in [0, 0.1) is 0 Å². The van der Waals surface area contributed by atoms with Crippen molar-refractivity contribution in [3.05, 3.63) is 78.6 Å². The van der Waals surface area contributed by atoms with Gasteiger partial charge in [0.25, 0.3) is 10.0 Å². The molecule has 0 saturated carbocycles. The molecule has 200 valence electrons. The Hall–Kier alpha value is -3.77. The number of fused-ring (bicyclic) bond motifs is 1. The summed E-state index contributed by atoms with van der Waals surface area (Å²) < 4.78 is 35.6. The highest BCUT2D eigenvalue weighted by Crippen LogP contribution is 2.33. The van der Waals surface area contributed by atoms with Crippen LogP contribution in [0.15, 0.2) is 78.3 Å². The molecule has 1 fully saturated rings. The predicted molar refractivity (Wildman–Crippen MR) is 150 cm³/mol. The van der Waals surface area contributed by atoms with Crippen molar-refractivity contribution in [3.8, 4) is 22.3 Å². The number of hydrogen-bond acceptors (Lipinski definition) is 7. The first-order valence-corrected chi connectivity index (χ1v) is 14.4. The lowest BCUT2D eigenvalue weighted by Gasteiger charge is -2.26. The normalized spacial score (nSPS) is 14.6. The van der Waals surface area contributed by atoms with E-state index < -0.39 is 10.0 Å². The Labute approximate surface area is 230 Å². The number of halogens is 1. The summed E-state index contributed by atoms with van der Waals surface area (Å²) in [6.07, 6.45) is 9.13. The lowest BCUT2D eigenvalue weighted by molar-refractivity contribution is 0.0360. The van der Waals surface area contributed by atoms with Crippen LogP contribution in [0.3, 0.4) is 0 Å². The zero-order valence-electron chi connectivity index (χ0n) is 20.9. The van der Waals surface area contributed by atoms with Gasteiger partial charge in [-0.2, -0.15) is 5.10 Å². The van der Waals surface area contributed by atoms with E-state index in [1.807, 2.05) is 29.3 Å². The van der Waals surface area contributed by atoms with E-state index in [4.69, 9.17) is 16.3 Å². The van der Waals surface area contributed by atoms with E-state index in [0.29, 0.717) is 5.56 Å². The van der Waals surface area contributed by atoms with Crippen molar-refractivity contribution < 1.29 is 13.2 Å². The monoisotopic (exact) mass is 563 g/mol. The molecule has 0 radical (unpaired) electrons. The summed E-state index contributed by atoms with van der Waals surface area (Å²) in [5.41, 5.74) is 4.33. The van der Waals surface area contributed by atoms with Gasteiger partial charge in [-0.1, -0.05) is 29.8 Å². The van der Waals surface area contributed by atoms with Crippen molar-refractivity contribution in [2.24, 2.45) is 0 Å². The fraction of sp³-hybridized carbons (Fsp3) is 0.222. The van der Waals surface area contributed by atoms with Crippen LogP contribution in [0.1, 0.15) is 0 Å². The van der Waals surface area contributed by atoms with Gasteiger partial charge < -0.3 is 9.72 Å². The number of aromatic amines is 1. The maximum atomic E-state index is 12.9. The first-order chi connectivity index (χ1) is 19.0. The Kier molecular flexibility index (Phi) is 7.05. The SMILES string of the molecule is O=S(=O)(Nc1cc(-c2cnc3[nH]cc(-c4cnn(CCN5CCOCC5)c4)c3c2)cnc1Cl)c1ccccc1. The smallest absolute Gasteiger partial charge is 0.261 e. The largest absolute Gasteiger partial charge is 0.379 e. The minimum atomic E-state index is -3.83. The molecule has 1 aromatic carbocycles. The van der Waals surface area contributed by atoms with Gasteiger partial charge in [-0.15, -0.1) is 0 Å². The number of nitrogens with zero attached hydrogens (tertiary/aromatic N) is 5. The molecule has 12 heteroatoms. The van der Waals surface area contributed by atoms with E-state index >= 15 is 0 Å². The van der Waals surface area contributed by atoms with Gasteiger partial charge in [-0.3, -0.25) is 14.3 Å². The van der Waals surface area contributed by atoms with Gasteiger partial charge in [0.05, 0.1) is 36.5 Å². The van der Waals surface area contributed by atoms with Gasteiger partial charge >= 0.3 is 0 Å². The quantitative estimate of drug-likeness (QED) is 0.271. The number of benzene rings is 1. The molecule has 1 aliphatic rings. The Morgan fingerprint density at radius 2 is 1.74 bits per heavy atom. The number of nitrogens with one attached hydrogen (secondary N) is 2. The van der Waals surface area contributed by atoms with Crippen molar-refractivity contribution in [1.29, 1.82) is 0 Å². The number of rotatable bonds is 8. The van der Waals surface area contributed by atoms with E-state index in [1.54, 1.807) is 36.7 Å². The molecule has 6 rings (SSSR count). The van der Waals surface area contributed by atoms with Crippen molar-refractivity contribution in [2.75, 3.05) is 37.6 Å². The van der Waals surface area contributed by atoms with Crippen LogP contribution in [-0.2, 0) is 21.3 Å². The number of sulfonamides is 1. The van der Waals surface area contributed by atoms with Crippen LogP contribution in [-0.4, -0.2) is 70.9 Å². The molecule has 1 aliphatic heterocycles. The molecule has 5 heterocycles. The summed E-state index contributed by atoms with van der Waals surface area (Å²) in [7, 11) is -3.83. The van der Waals surface area contributed by atoms with Crippen LogP contribution >= 0.6 is 11.6 Å². The fourth-order valence-corrected chi connectivity index (χ4v) is 5.86. The van der Waals surface area contributed by atoms with Gasteiger partial charge in [-0.05, 0) is 24.3 Å². The molecule has 1 saturated heterocycles. The van der Waals surface area contributed by atoms with Crippen LogP contribution < -0.4 is 4.72 Å². The zero-order chi connectivity index (χ0) is 26.8. The second-order valence-electron chi connectivity index (χ2n) is 9.25. The van der Waals surface area contributed by atoms with Gasteiger partial charge in [0, 0.05) is 72.1 Å². The van der Waals surface area contributed by atoms with Crippen LogP contribution in [0.25, 0.3) is 33.3 Å². The maximum Gasteiger partial charge on any atom is 0.261 e. The molecule has 0 aliphatic carbocycles. The van der Waals surface area contributed by atoms with Gasteiger partial charge in [-0.25, -0.2) is 18.4 Å². The van der Waals surface area contributed by atoms with E-state index in [1.165, 1.54) is 12.1 Å². The van der Waals surface area contributed by atoms with Crippen LogP contribution in [0.5, 0.6) is 0 Å². The number of anilines is 1. The summed E-state index contributed by atoms with van der Waals surface area (Å²) in [5.74, 6) is 0. The highest BCUT2D eigenvalue weighted by atomic mass is 35.5. The molecule has 4 aromatic heterocycles. The summed E-state index contributed by atoms with van der Waals surface area (Å²) in [6.45, 7) is 5.16. The molecule has 0 amide bonds. The minimum absolute atomic E-state index is 0.0547. The average molecular weight is 564 g/mol. The number of morpholine rings is 1. The summed E-state index contributed by atoms with van der Waals surface area (Å²) in [5, 5.41) is 5.53. The first-order valence-electron chi connectivity index (χ1n) is 12.5. The van der Waals surface area contributed by atoms with E-state index in [2.05, 4.69) is 29.7 Å². The Balaban J connectivity index is 1.26. The Morgan fingerprint density at radius 3 is 2.56 bits per heavy atom. The molecular weight excluding hydrogens is 538 g/mol. The predicted octanol–water partition coefficient (Wildman–Crippen LogP) is 4.27. The van der Waals surface area contributed by atoms with Gasteiger partial charge in [0.1, 0.15) is 5.65 Å². The maximum absolute atomic E-state index is 12.9. The summed E-state index contributed by atoms with van der Waals surface area (Å²) in [4.78, 5) is 14.5. The van der Waals surface area contributed by atoms with Crippen molar-refractivity contribution >= 4 is 38.3 Å². The highest BCUT2D eigenvalue weighted by Gasteiger charge is 2.18. The number of aromatic nitrogens is 5. The first kappa shape index (κ1) is 25.5. The summed E-state index contributed by atoms with van der Waals surface area (Å²) in [6, 6.07) is 11.8. The van der Waals surface area contributed by atoms with Crippen LogP contribution in [0.4, 0.5) is 5.69 Å². The fourth-order valence-electron chi connectivity index (χ4n) is 4.57. The Bertz CT molecular complexity index is 1710. The second kappa shape index (κ2) is 10.8. The third-order valence-corrected chi connectivity index (χ3v) is 8.38. The topological polar surface area (TPSA) is 118 Å². The summed E-state index contributed by atoms with van der Waals surface area (Å²) >= 11 is 6.26. The molecule has 2 N–H and O–H groups in total. The lowest BCUT2D eigenvalue weighted by atomic mass is 10.1. The Morgan fingerprint density at radius 1 is 0.974 bits per heavy atom. The van der Waals surface area contributed by atoms with Gasteiger partial charge in [0.15, 0.2) is 5.15 Å². The minimum Gasteiger partial charge on any atom is -0.379 e. The van der Waals surface area contributed by atoms with Crippen LogP contribution in [0.2, 0.25) is 5.15 Å². The zero-order valence-corrected chi connectivity index (χ0v) is 22.5.